The van der Waals surface area contributed by atoms with Crippen LogP contribution in [0.15, 0.2) is 36.7 Å². The van der Waals surface area contributed by atoms with Gasteiger partial charge in [0.05, 0.1) is 12.2 Å². The monoisotopic (exact) mass is 273 g/mol. The van der Waals surface area contributed by atoms with E-state index >= 15 is 0 Å². The molecule has 0 aliphatic carbocycles. The van der Waals surface area contributed by atoms with Gasteiger partial charge in [-0.1, -0.05) is 18.2 Å². The van der Waals surface area contributed by atoms with E-state index in [1.165, 1.54) is 6.33 Å². The summed E-state index contributed by atoms with van der Waals surface area (Å²) in [7, 11) is 1.90. The smallest absolute Gasteiger partial charge is 0.226 e. The third-order valence-electron chi connectivity index (χ3n) is 2.53. The zero-order chi connectivity index (χ0) is 14.4. The van der Waals surface area contributed by atoms with E-state index in [2.05, 4.69) is 15.3 Å². The number of para-hydroxylation sites is 1. The maximum absolute atomic E-state index is 5.81. The van der Waals surface area contributed by atoms with Crippen molar-refractivity contribution in [2.75, 3.05) is 7.05 Å². The van der Waals surface area contributed by atoms with Crippen LogP contribution in [0.1, 0.15) is 19.4 Å². The van der Waals surface area contributed by atoms with E-state index in [0.29, 0.717) is 11.8 Å². The van der Waals surface area contributed by atoms with Crippen molar-refractivity contribution in [3.8, 4) is 17.5 Å². The highest BCUT2D eigenvalue weighted by atomic mass is 16.5. The fraction of sp³-hybridized carbons (Fsp3) is 0.333. The van der Waals surface area contributed by atoms with Crippen LogP contribution in [-0.2, 0) is 6.54 Å². The van der Waals surface area contributed by atoms with Crippen molar-refractivity contribution in [1.82, 2.24) is 15.3 Å². The number of hydrogen-bond acceptors (Lipinski definition) is 5. The molecule has 5 nitrogen and oxygen atoms in total. The Morgan fingerprint density at radius 2 is 1.90 bits per heavy atom. The summed E-state index contributed by atoms with van der Waals surface area (Å²) in [6.45, 7) is 4.63. The second-order valence-corrected chi connectivity index (χ2v) is 4.60. The van der Waals surface area contributed by atoms with Gasteiger partial charge in [-0.2, -0.15) is 0 Å². The number of ether oxygens (including phenoxy) is 2. The van der Waals surface area contributed by atoms with Crippen molar-refractivity contribution in [3.05, 3.63) is 42.2 Å². The van der Waals surface area contributed by atoms with Crippen molar-refractivity contribution in [1.29, 1.82) is 0 Å². The topological polar surface area (TPSA) is 56.3 Å². The summed E-state index contributed by atoms with van der Waals surface area (Å²) in [5.74, 6) is 1.76. The highest BCUT2D eigenvalue weighted by molar-refractivity contribution is 5.36. The Hall–Kier alpha value is -2.14. The van der Waals surface area contributed by atoms with E-state index in [-0.39, 0.29) is 6.10 Å². The Morgan fingerprint density at radius 1 is 1.15 bits per heavy atom. The van der Waals surface area contributed by atoms with Gasteiger partial charge in [-0.15, -0.1) is 0 Å². The SMILES string of the molecule is CNCc1ccccc1Oc1cc(OC(C)C)ncn1. The minimum atomic E-state index is 0.0642. The third kappa shape index (κ3) is 3.93. The number of hydrogen-bond donors (Lipinski definition) is 1. The van der Waals surface area contributed by atoms with Crippen LogP contribution < -0.4 is 14.8 Å². The van der Waals surface area contributed by atoms with Crippen LogP contribution in [0.3, 0.4) is 0 Å². The highest BCUT2D eigenvalue weighted by Crippen LogP contribution is 2.25. The van der Waals surface area contributed by atoms with Gasteiger partial charge >= 0.3 is 0 Å². The summed E-state index contributed by atoms with van der Waals surface area (Å²) in [5.41, 5.74) is 1.07. The van der Waals surface area contributed by atoms with E-state index in [1.807, 2.05) is 45.2 Å². The summed E-state index contributed by atoms with van der Waals surface area (Å²) in [5, 5.41) is 3.11. The van der Waals surface area contributed by atoms with Gasteiger partial charge in [-0.05, 0) is 27.0 Å². The van der Waals surface area contributed by atoms with Crippen LogP contribution in [0.25, 0.3) is 0 Å². The van der Waals surface area contributed by atoms with Crippen molar-refractivity contribution >= 4 is 0 Å². The van der Waals surface area contributed by atoms with Crippen molar-refractivity contribution in [3.63, 3.8) is 0 Å². The second-order valence-electron chi connectivity index (χ2n) is 4.60. The van der Waals surface area contributed by atoms with Crippen molar-refractivity contribution < 1.29 is 9.47 Å². The number of nitrogens with one attached hydrogen (secondary N) is 1. The molecule has 0 radical (unpaired) electrons. The molecule has 0 saturated carbocycles. The lowest BCUT2D eigenvalue weighted by Gasteiger charge is -2.12. The zero-order valence-corrected chi connectivity index (χ0v) is 12.0. The van der Waals surface area contributed by atoms with E-state index < -0.39 is 0 Å². The molecule has 2 aromatic rings. The molecular weight excluding hydrogens is 254 g/mol. The first-order valence-corrected chi connectivity index (χ1v) is 6.58. The Morgan fingerprint density at radius 3 is 2.65 bits per heavy atom. The molecule has 1 N–H and O–H groups in total. The summed E-state index contributed by atoms with van der Waals surface area (Å²) in [6.07, 6.45) is 1.50. The fourth-order valence-corrected chi connectivity index (χ4v) is 1.74. The van der Waals surface area contributed by atoms with Gasteiger partial charge < -0.3 is 14.8 Å². The lowest BCUT2D eigenvalue weighted by Crippen LogP contribution is -2.08. The highest BCUT2D eigenvalue weighted by Gasteiger charge is 2.07. The minimum absolute atomic E-state index is 0.0642. The lowest BCUT2D eigenvalue weighted by molar-refractivity contribution is 0.231. The largest absolute Gasteiger partial charge is 0.475 e. The first kappa shape index (κ1) is 14.3. The quantitative estimate of drug-likeness (QED) is 0.877. The predicted molar refractivity (Wildman–Crippen MR) is 77.1 cm³/mol. The van der Waals surface area contributed by atoms with Gasteiger partial charge in [0.15, 0.2) is 0 Å². The summed E-state index contributed by atoms with van der Waals surface area (Å²) in [6, 6.07) is 9.53. The Kier molecular flexibility index (Phi) is 4.90. The van der Waals surface area contributed by atoms with Gasteiger partial charge in [-0.25, -0.2) is 9.97 Å². The van der Waals surface area contributed by atoms with Crippen LogP contribution >= 0.6 is 0 Å². The molecule has 0 aliphatic heterocycles. The predicted octanol–water partition coefficient (Wildman–Crippen LogP) is 2.78. The van der Waals surface area contributed by atoms with Crippen LogP contribution in [0.2, 0.25) is 0 Å². The molecule has 5 heteroatoms. The van der Waals surface area contributed by atoms with Gasteiger partial charge in [0.1, 0.15) is 12.1 Å². The van der Waals surface area contributed by atoms with Crippen molar-refractivity contribution in [2.45, 2.75) is 26.5 Å². The van der Waals surface area contributed by atoms with E-state index in [0.717, 1.165) is 17.9 Å². The van der Waals surface area contributed by atoms with Crippen LogP contribution in [0.5, 0.6) is 17.5 Å². The average Bonchev–Trinajstić information content (AvgIpc) is 2.41. The standard InChI is InChI=1S/C15H19N3O2/c1-11(2)19-14-8-15(18-10-17-14)20-13-7-5-4-6-12(13)9-16-3/h4-8,10-11,16H,9H2,1-3H3. The first-order chi connectivity index (χ1) is 9.69. The molecule has 0 aliphatic rings. The summed E-state index contributed by atoms with van der Waals surface area (Å²) in [4.78, 5) is 8.16. The molecular formula is C15H19N3O2. The van der Waals surface area contributed by atoms with E-state index in [4.69, 9.17) is 9.47 Å². The molecule has 0 atom stereocenters. The molecule has 106 valence electrons. The molecule has 2 rings (SSSR count). The van der Waals surface area contributed by atoms with Crippen LogP contribution in [0.4, 0.5) is 0 Å². The number of rotatable bonds is 6. The Bertz CT molecular complexity index is 558. The maximum Gasteiger partial charge on any atom is 0.226 e. The molecule has 1 aromatic heterocycles. The van der Waals surface area contributed by atoms with Gasteiger partial charge in [-0.3, -0.25) is 0 Å². The first-order valence-electron chi connectivity index (χ1n) is 6.58. The third-order valence-corrected chi connectivity index (χ3v) is 2.53. The molecule has 20 heavy (non-hydrogen) atoms. The average molecular weight is 273 g/mol. The minimum Gasteiger partial charge on any atom is -0.475 e. The van der Waals surface area contributed by atoms with Gasteiger partial charge in [0.2, 0.25) is 11.8 Å². The van der Waals surface area contributed by atoms with E-state index in [1.54, 1.807) is 6.07 Å². The summed E-state index contributed by atoms with van der Waals surface area (Å²) >= 11 is 0. The summed E-state index contributed by atoms with van der Waals surface area (Å²) < 4.78 is 11.3. The molecule has 0 fully saturated rings. The van der Waals surface area contributed by atoms with Gasteiger partial charge in [0, 0.05) is 12.1 Å². The molecule has 0 bridgehead atoms. The zero-order valence-electron chi connectivity index (χ0n) is 12.0. The van der Waals surface area contributed by atoms with Crippen molar-refractivity contribution in [2.24, 2.45) is 0 Å². The molecule has 1 aromatic carbocycles. The number of nitrogens with zero attached hydrogens (tertiary/aromatic N) is 2. The Balaban J connectivity index is 2.17. The Labute approximate surface area is 119 Å². The molecule has 0 amide bonds. The lowest BCUT2D eigenvalue weighted by atomic mass is 10.2. The molecule has 0 unspecified atom stereocenters. The van der Waals surface area contributed by atoms with Crippen LogP contribution in [-0.4, -0.2) is 23.1 Å². The number of benzene rings is 1. The van der Waals surface area contributed by atoms with Crippen LogP contribution in [0, 0.1) is 0 Å². The van der Waals surface area contributed by atoms with E-state index in [9.17, 15) is 0 Å². The maximum atomic E-state index is 5.81. The normalized spacial score (nSPS) is 10.6. The molecule has 1 heterocycles. The second kappa shape index (κ2) is 6.86. The number of aromatic nitrogens is 2. The molecule has 0 spiro atoms. The van der Waals surface area contributed by atoms with Gasteiger partial charge in [0.25, 0.3) is 0 Å². The fourth-order valence-electron chi connectivity index (χ4n) is 1.74. The molecule has 0 saturated heterocycles.